The van der Waals surface area contributed by atoms with Crippen molar-refractivity contribution in [2.75, 3.05) is 59.3 Å². The summed E-state index contributed by atoms with van der Waals surface area (Å²) < 4.78 is 6.06. The topological polar surface area (TPSA) is 56.3 Å². The van der Waals surface area contributed by atoms with Gasteiger partial charge < -0.3 is 24.5 Å². The van der Waals surface area contributed by atoms with Gasteiger partial charge in [0.05, 0.1) is 18.8 Å². The van der Waals surface area contributed by atoms with Gasteiger partial charge in [0.25, 0.3) is 5.91 Å². The van der Waals surface area contributed by atoms with E-state index >= 15 is 0 Å². The van der Waals surface area contributed by atoms with Crippen molar-refractivity contribution in [2.45, 2.75) is 31.5 Å². The summed E-state index contributed by atoms with van der Waals surface area (Å²) in [6.07, 6.45) is 2.13. The molecular formula is C21H33N3O3. The molecule has 1 aromatic carbocycles. The van der Waals surface area contributed by atoms with E-state index in [-0.39, 0.29) is 23.5 Å². The minimum absolute atomic E-state index is 0.0763. The third-order valence-electron chi connectivity index (χ3n) is 6.19. The Morgan fingerprint density at radius 1 is 1.26 bits per heavy atom. The van der Waals surface area contributed by atoms with E-state index in [1.54, 1.807) is 0 Å². The van der Waals surface area contributed by atoms with Crippen LogP contribution in [0, 0.1) is 5.41 Å². The van der Waals surface area contributed by atoms with Gasteiger partial charge in [0, 0.05) is 56.8 Å². The Bertz CT molecular complexity index is 654. The highest BCUT2D eigenvalue weighted by molar-refractivity contribution is 5.95. The molecule has 1 N–H and O–H groups in total. The van der Waals surface area contributed by atoms with Crippen LogP contribution >= 0.6 is 0 Å². The lowest BCUT2D eigenvalue weighted by molar-refractivity contribution is -0.209. The Hall–Kier alpha value is -1.63. The van der Waals surface area contributed by atoms with Gasteiger partial charge >= 0.3 is 0 Å². The van der Waals surface area contributed by atoms with Crippen molar-refractivity contribution in [2.24, 2.45) is 5.41 Å². The molecule has 150 valence electrons. The summed E-state index contributed by atoms with van der Waals surface area (Å²) in [5.41, 5.74) is 1.58. The number of amides is 1. The van der Waals surface area contributed by atoms with Crippen LogP contribution in [-0.4, -0.2) is 87.5 Å². The Labute approximate surface area is 162 Å². The maximum Gasteiger partial charge on any atom is 0.253 e. The number of carbonyl (C=O) groups is 1. The molecule has 2 atom stereocenters. The Kier molecular flexibility index (Phi) is 6.08. The van der Waals surface area contributed by atoms with Gasteiger partial charge in [-0.2, -0.15) is 0 Å². The van der Waals surface area contributed by atoms with Crippen LogP contribution in [-0.2, 0) is 4.74 Å². The molecule has 2 fully saturated rings. The number of hydrogen-bond acceptors (Lipinski definition) is 5. The lowest BCUT2D eigenvalue weighted by atomic mass is 9.58. The molecule has 1 spiro atoms. The summed E-state index contributed by atoms with van der Waals surface area (Å²) in [4.78, 5) is 18.9. The lowest BCUT2D eigenvalue weighted by Crippen LogP contribution is -2.63. The fraction of sp³-hybridized carbons (Fsp3) is 0.667. The highest BCUT2D eigenvalue weighted by Crippen LogP contribution is 2.51. The van der Waals surface area contributed by atoms with Crippen molar-refractivity contribution in [3.8, 4) is 0 Å². The molecular weight excluding hydrogens is 342 g/mol. The molecule has 6 heteroatoms. The number of carbonyl (C=O) groups excluding carboxylic acids is 1. The van der Waals surface area contributed by atoms with Crippen LogP contribution in [0.25, 0.3) is 0 Å². The van der Waals surface area contributed by atoms with E-state index in [4.69, 9.17) is 4.74 Å². The minimum atomic E-state index is -0.309. The smallest absolute Gasteiger partial charge is 0.253 e. The van der Waals surface area contributed by atoms with Gasteiger partial charge in [-0.05, 0) is 45.1 Å². The van der Waals surface area contributed by atoms with Crippen molar-refractivity contribution in [3.05, 3.63) is 29.8 Å². The largest absolute Gasteiger partial charge is 0.392 e. The first-order valence-electron chi connectivity index (χ1n) is 9.84. The standard InChI is InChI=1S/C21H33N3O3/c1-22(2)12-13-27-19-15-18(25)21(19)8-10-24(11-9-21)20(26)16-6-5-7-17(14-16)23(3)4/h5-7,14,18-19,25H,8-13,15H2,1-4H3. The molecule has 1 amide bonds. The average molecular weight is 376 g/mol. The first-order chi connectivity index (χ1) is 12.8. The normalized spacial score (nSPS) is 24.1. The molecule has 1 aromatic rings. The molecule has 1 heterocycles. The molecule has 0 radical (unpaired) electrons. The molecule has 1 saturated heterocycles. The molecule has 1 aliphatic carbocycles. The van der Waals surface area contributed by atoms with Gasteiger partial charge in [-0.25, -0.2) is 0 Å². The molecule has 0 bridgehead atoms. The number of likely N-dealkylation sites (tertiary alicyclic amines) is 1. The van der Waals surface area contributed by atoms with E-state index < -0.39 is 0 Å². The first-order valence-corrected chi connectivity index (χ1v) is 9.84. The zero-order chi connectivity index (χ0) is 19.6. The second-order valence-corrected chi connectivity index (χ2v) is 8.38. The Morgan fingerprint density at radius 2 is 1.96 bits per heavy atom. The number of anilines is 1. The van der Waals surface area contributed by atoms with Crippen LogP contribution < -0.4 is 4.90 Å². The van der Waals surface area contributed by atoms with Gasteiger partial charge in [0.2, 0.25) is 0 Å². The van der Waals surface area contributed by atoms with Crippen LogP contribution in [0.3, 0.4) is 0 Å². The SMILES string of the molecule is CN(C)CCOC1CC(O)C12CCN(C(=O)c1cccc(N(C)C)c1)CC2. The molecule has 27 heavy (non-hydrogen) atoms. The van der Waals surface area contributed by atoms with Crippen molar-refractivity contribution in [1.82, 2.24) is 9.80 Å². The van der Waals surface area contributed by atoms with Crippen molar-refractivity contribution in [1.29, 1.82) is 0 Å². The van der Waals surface area contributed by atoms with Crippen LogP contribution in [0.1, 0.15) is 29.6 Å². The van der Waals surface area contributed by atoms with Crippen molar-refractivity contribution >= 4 is 11.6 Å². The number of aliphatic hydroxyl groups excluding tert-OH is 1. The fourth-order valence-corrected chi connectivity index (χ4v) is 4.22. The van der Waals surface area contributed by atoms with E-state index in [1.165, 1.54) is 0 Å². The summed E-state index contributed by atoms with van der Waals surface area (Å²) in [5.74, 6) is 0.0763. The number of piperidine rings is 1. The number of likely N-dealkylation sites (N-methyl/N-ethyl adjacent to an activating group) is 1. The second-order valence-electron chi connectivity index (χ2n) is 8.38. The summed E-state index contributed by atoms with van der Waals surface area (Å²) in [7, 11) is 8.01. The molecule has 1 aliphatic heterocycles. The van der Waals surface area contributed by atoms with Crippen molar-refractivity contribution < 1.29 is 14.6 Å². The number of rotatable bonds is 6. The lowest BCUT2D eigenvalue weighted by Gasteiger charge is -2.56. The van der Waals surface area contributed by atoms with E-state index in [1.807, 2.05) is 62.3 Å². The predicted molar refractivity (Wildman–Crippen MR) is 107 cm³/mol. The first kappa shape index (κ1) is 20.1. The van der Waals surface area contributed by atoms with Gasteiger partial charge in [0.15, 0.2) is 0 Å². The molecule has 6 nitrogen and oxygen atoms in total. The van der Waals surface area contributed by atoms with E-state index in [0.29, 0.717) is 26.1 Å². The maximum absolute atomic E-state index is 12.9. The van der Waals surface area contributed by atoms with Gasteiger partial charge in [-0.1, -0.05) is 6.07 Å². The molecule has 2 aliphatic rings. The number of ether oxygens (including phenoxy) is 1. The second kappa shape index (κ2) is 8.17. The zero-order valence-electron chi connectivity index (χ0n) is 17.0. The van der Waals surface area contributed by atoms with Gasteiger partial charge in [-0.3, -0.25) is 4.79 Å². The molecule has 0 aromatic heterocycles. The number of aliphatic hydroxyl groups is 1. The molecule has 2 unspecified atom stereocenters. The Morgan fingerprint density at radius 3 is 2.56 bits per heavy atom. The fourth-order valence-electron chi connectivity index (χ4n) is 4.22. The number of benzene rings is 1. The van der Waals surface area contributed by atoms with E-state index in [0.717, 1.165) is 30.6 Å². The number of nitrogens with zero attached hydrogens (tertiary/aromatic N) is 3. The van der Waals surface area contributed by atoms with Crippen LogP contribution in [0.2, 0.25) is 0 Å². The highest BCUT2D eigenvalue weighted by Gasteiger charge is 2.56. The summed E-state index contributed by atoms with van der Waals surface area (Å²) >= 11 is 0. The minimum Gasteiger partial charge on any atom is -0.392 e. The summed E-state index contributed by atoms with van der Waals surface area (Å²) in [5, 5.41) is 10.4. The summed E-state index contributed by atoms with van der Waals surface area (Å²) in [6.45, 7) is 2.92. The quantitative estimate of drug-likeness (QED) is 0.820. The zero-order valence-corrected chi connectivity index (χ0v) is 17.0. The third kappa shape index (κ3) is 4.13. The highest BCUT2D eigenvalue weighted by atomic mass is 16.5. The van der Waals surface area contributed by atoms with E-state index in [2.05, 4.69) is 4.90 Å². The van der Waals surface area contributed by atoms with Crippen LogP contribution in [0.5, 0.6) is 0 Å². The predicted octanol–water partition coefficient (Wildman–Crippen LogP) is 1.69. The Balaban J connectivity index is 1.59. The monoisotopic (exact) mass is 375 g/mol. The van der Waals surface area contributed by atoms with Gasteiger partial charge in [0.1, 0.15) is 0 Å². The van der Waals surface area contributed by atoms with Crippen LogP contribution in [0.15, 0.2) is 24.3 Å². The van der Waals surface area contributed by atoms with E-state index in [9.17, 15) is 9.90 Å². The van der Waals surface area contributed by atoms with Gasteiger partial charge in [-0.15, -0.1) is 0 Å². The van der Waals surface area contributed by atoms with Crippen LogP contribution in [0.4, 0.5) is 5.69 Å². The molecule has 1 saturated carbocycles. The number of hydrogen-bond donors (Lipinski definition) is 1. The maximum atomic E-state index is 12.9. The van der Waals surface area contributed by atoms with Crippen molar-refractivity contribution in [3.63, 3.8) is 0 Å². The average Bonchev–Trinajstić information content (AvgIpc) is 2.66. The molecule has 3 rings (SSSR count). The summed E-state index contributed by atoms with van der Waals surface area (Å²) in [6, 6.07) is 7.75. The third-order valence-corrected chi connectivity index (χ3v) is 6.19.